The fourth-order valence-electron chi connectivity index (χ4n) is 2.10. The number of halogens is 1. The number of hydrogen-bond acceptors (Lipinski definition) is 4. The minimum absolute atomic E-state index is 0.152. The van der Waals surface area contributed by atoms with Gasteiger partial charge in [0.05, 0.1) is 23.9 Å². The van der Waals surface area contributed by atoms with Crippen molar-refractivity contribution in [1.82, 2.24) is 4.98 Å². The molecule has 0 spiro atoms. The first-order chi connectivity index (χ1) is 9.09. The van der Waals surface area contributed by atoms with E-state index in [-0.39, 0.29) is 13.2 Å². The summed E-state index contributed by atoms with van der Waals surface area (Å²) in [6, 6.07) is 7.26. The van der Waals surface area contributed by atoms with Gasteiger partial charge in [-0.1, -0.05) is 23.7 Å². The summed E-state index contributed by atoms with van der Waals surface area (Å²) in [7, 11) is 0. The van der Waals surface area contributed by atoms with E-state index in [0.29, 0.717) is 11.4 Å². The van der Waals surface area contributed by atoms with Crippen LogP contribution in [-0.2, 0) is 11.8 Å². The molecule has 0 aliphatic heterocycles. The number of rotatable bonds is 5. The molecule has 0 atom stereocenters. The van der Waals surface area contributed by atoms with E-state index < -0.39 is 5.41 Å². The highest BCUT2D eigenvalue weighted by atomic mass is 35.5. The van der Waals surface area contributed by atoms with Gasteiger partial charge in [0.25, 0.3) is 0 Å². The Hall–Kier alpha value is -0.940. The summed E-state index contributed by atoms with van der Waals surface area (Å²) in [5.41, 5.74) is 0.965. The molecule has 0 radical (unpaired) electrons. The van der Waals surface area contributed by atoms with Gasteiger partial charge in [-0.25, -0.2) is 4.98 Å². The number of aliphatic hydroxyl groups excluding tert-OH is 2. The molecule has 3 nitrogen and oxygen atoms in total. The zero-order valence-electron chi connectivity index (χ0n) is 10.6. The molecular weight excluding hydrogens is 282 g/mol. The maximum absolute atomic E-state index is 9.76. The van der Waals surface area contributed by atoms with Crippen LogP contribution in [0.5, 0.6) is 0 Å². The number of aryl methyl sites for hydroxylation is 1. The molecule has 0 bridgehead atoms. The van der Waals surface area contributed by atoms with Gasteiger partial charge in [0.15, 0.2) is 0 Å². The van der Waals surface area contributed by atoms with Crippen molar-refractivity contribution in [2.75, 3.05) is 13.2 Å². The van der Waals surface area contributed by atoms with Crippen LogP contribution >= 0.6 is 22.9 Å². The molecule has 0 saturated heterocycles. The average molecular weight is 298 g/mol. The van der Waals surface area contributed by atoms with Crippen LogP contribution in [0.25, 0.3) is 0 Å². The van der Waals surface area contributed by atoms with Crippen molar-refractivity contribution in [2.45, 2.75) is 18.8 Å². The highest BCUT2D eigenvalue weighted by Gasteiger charge is 2.32. The maximum atomic E-state index is 9.76. The lowest BCUT2D eigenvalue weighted by Crippen LogP contribution is -2.37. The van der Waals surface area contributed by atoms with Crippen molar-refractivity contribution in [3.63, 3.8) is 0 Å². The molecule has 0 saturated carbocycles. The van der Waals surface area contributed by atoms with Gasteiger partial charge in [0, 0.05) is 22.2 Å². The van der Waals surface area contributed by atoms with E-state index in [9.17, 15) is 10.2 Å². The van der Waals surface area contributed by atoms with Crippen LogP contribution in [0.4, 0.5) is 0 Å². The third kappa shape index (κ3) is 3.15. The van der Waals surface area contributed by atoms with E-state index in [4.69, 9.17) is 11.6 Å². The highest BCUT2D eigenvalue weighted by molar-refractivity contribution is 7.09. The lowest BCUT2D eigenvalue weighted by atomic mass is 9.78. The van der Waals surface area contributed by atoms with E-state index >= 15 is 0 Å². The molecule has 5 heteroatoms. The van der Waals surface area contributed by atoms with Crippen LogP contribution in [-0.4, -0.2) is 28.4 Å². The first kappa shape index (κ1) is 14.5. The summed E-state index contributed by atoms with van der Waals surface area (Å²) in [6.45, 7) is 1.63. The van der Waals surface area contributed by atoms with Gasteiger partial charge < -0.3 is 10.2 Å². The molecule has 2 rings (SSSR count). The Morgan fingerprint density at radius 3 is 2.58 bits per heavy atom. The lowest BCUT2D eigenvalue weighted by Gasteiger charge is -2.30. The fraction of sp³-hybridized carbons (Fsp3) is 0.357. The first-order valence-corrected chi connectivity index (χ1v) is 7.24. The van der Waals surface area contributed by atoms with E-state index in [1.807, 2.05) is 24.4 Å². The summed E-state index contributed by atoms with van der Waals surface area (Å²) < 4.78 is 0. The number of aliphatic hydroxyl groups is 2. The van der Waals surface area contributed by atoms with Crippen molar-refractivity contribution in [1.29, 1.82) is 0 Å². The van der Waals surface area contributed by atoms with Gasteiger partial charge in [-0.2, -0.15) is 0 Å². The van der Waals surface area contributed by atoms with E-state index in [1.165, 1.54) is 0 Å². The zero-order valence-corrected chi connectivity index (χ0v) is 12.2. The topological polar surface area (TPSA) is 53.4 Å². The Kier molecular flexibility index (Phi) is 4.58. The average Bonchev–Trinajstić information content (AvgIpc) is 2.81. The number of nitrogens with zero attached hydrogens (tertiary/aromatic N) is 1. The fourth-order valence-corrected chi connectivity index (χ4v) is 2.90. The minimum Gasteiger partial charge on any atom is -0.395 e. The SMILES string of the molecule is Cc1nc(CC(CO)(CO)c2cccc(Cl)c2)cs1. The van der Waals surface area contributed by atoms with Crippen LogP contribution in [0, 0.1) is 6.92 Å². The van der Waals surface area contributed by atoms with Crippen molar-refractivity contribution in [2.24, 2.45) is 0 Å². The highest BCUT2D eigenvalue weighted by Crippen LogP contribution is 2.30. The zero-order chi connectivity index (χ0) is 13.9. The second-order valence-electron chi connectivity index (χ2n) is 4.64. The summed E-state index contributed by atoms with van der Waals surface area (Å²) in [6.07, 6.45) is 0.491. The molecule has 102 valence electrons. The smallest absolute Gasteiger partial charge is 0.0897 e. The molecule has 1 aromatic carbocycles. The van der Waals surface area contributed by atoms with Gasteiger partial charge in [-0.15, -0.1) is 11.3 Å². The quantitative estimate of drug-likeness (QED) is 0.892. The molecule has 0 unspecified atom stereocenters. The second kappa shape index (κ2) is 6.01. The molecule has 0 fully saturated rings. The number of thiazole rings is 1. The van der Waals surface area contributed by atoms with Crippen LogP contribution in [0.15, 0.2) is 29.6 Å². The van der Waals surface area contributed by atoms with Crippen molar-refractivity contribution in [3.8, 4) is 0 Å². The van der Waals surface area contributed by atoms with E-state index in [1.54, 1.807) is 23.5 Å². The Morgan fingerprint density at radius 1 is 1.32 bits per heavy atom. The number of aromatic nitrogens is 1. The summed E-state index contributed by atoms with van der Waals surface area (Å²) >= 11 is 7.56. The molecule has 1 aromatic heterocycles. The van der Waals surface area contributed by atoms with E-state index in [2.05, 4.69) is 4.98 Å². The summed E-state index contributed by atoms with van der Waals surface area (Å²) in [5, 5.41) is 23.1. The van der Waals surface area contributed by atoms with Crippen LogP contribution in [0.2, 0.25) is 5.02 Å². The third-order valence-corrected chi connectivity index (χ3v) is 4.29. The predicted octanol–water partition coefficient (Wildman–Crippen LogP) is 2.57. The maximum Gasteiger partial charge on any atom is 0.0897 e. The Labute approximate surface area is 121 Å². The van der Waals surface area contributed by atoms with Gasteiger partial charge >= 0.3 is 0 Å². The number of hydrogen-bond donors (Lipinski definition) is 2. The summed E-state index contributed by atoms with van der Waals surface area (Å²) in [4.78, 5) is 4.40. The Morgan fingerprint density at radius 2 is 2.05 bits per heavy atom. The molecule has 19 heavy (non-hydrogen) atoms. The molecule has 0 aliphatic rings. The molecule has 0 amide bonds. The van der Waals surface area contributed by atoms with Gasteiger partial charge in [0.2, 0.25) is 0 Å². The lowest BCUT2D eigenvalue weighted by molar-refractivity contribution is 0.115. The predicted molar refractivity (Wildman–Crippen MR) is 77.9 cm³/mol. The van der Waals surface area contributed by atoms with Crippen molar-refractivity contribution in [3.05, 3.63) is 50.9 Å². The molecule has 1 heterocycles. The molecule has 2 aromatic rings. The minimum atomic E-state index is -0.745. The van der Waals surface area contributed by atoms with Crippen LogP contribution < -0.4 is 0 Å². The van der Waals surface area contributed by atoms with Gasteiger partial charge in [-0.05, 0) is 24.6 Å². The van der Waals surface area contributed by atoms with E-state index in [0.717, 1.165) is 16.3 Å². The molecule has 2 N–H and O–H groups in total. The van der Waals surface area contributed by atoms with Crippen LogP contribution in [0.3, 0.4) is 0 Å². The summed E-state index contributed by atoms with van der Waals surface area (Å²) in [5.74, 6) is 0. The third-order valence-electron chi connectivity index (χ3n) is 3.23. The monoisotopic (exact) mass is 297 g/mol. The second-order valence-corrected chi connectivity index (χ2v) is 6.14. The van der Waals surface area contributed by atoms with Crippen molar-refractivity contribution >= 4 is 22.9 Å². The van der Waals surface area contributed by atoms with Crippen LogP contribution in [0.1, 0.15) is 16.3 Å². The normalized spacial score (nSPS) is 11.8. The van der Waals surface area contributed by atoms with Gasteiger partial charge in [0.1, 0.15) is 0 Å². The molecule has 0 aliphatic carbocycles. The standard InChI is InChI=1S/C14H16ClNO2S/c1-10-16-13(7-19-10)6-14(8-17,9-18)11-3-2-4-12(15)5-11/h2-5,7,17-18H,6,8-9H2,1H3. The Bertz CT molecular complexity index is 552. The Balaban J connectivity index is 2.37. The molecular formula is C14H16ClNO2S. The van der Waals surface area contributed by atoms with Gasteiger partial charge in [-0.3, -0.25) is 0 Å². The largest absolute Gasteiger partial charge is 0.395 e. The first-order valence-electron chi connectivity index (χ1n) is 5.98. The van der Waals surface area contributed by atoms with Crippen molar-refractivity contribution < 1.29 is 10.2 Å². The number of benzene rings is 1.